The number of carboxylic acids is 1. The Morgan fingerprint density at radius 3 is 2.26 bits per heavy atom. The summed E-state index contributed by atoms with van der Waals surface area (Å²) in [5.74, 6) is -2.04. The second-order valence-electron chi connectivity index (χ2n) is 5.15. The molecule has 0 aliphatic rings. The molecule has 0 radical (unpaired) electrons. The molecule has 0 aliphatic heterocycles. The first-order valence-electron chi connectivity index (χ1n) is 7.17. The van der Waals surface area contributed by atoms with E-state index in [-0.39, 0.29) is 16.4 Å². The first-order chi connectivity index (χ1) is 12.6. The molecule has 1 amide bonds. The minimum atomic E-state index is -4.36. The van der Waals surface area contributed by atoms with Crippen molar-refractivity contribution in [3.05, 3.63) is 57.6 Å². The largest absolute Gasteiger partial charge is 0.481 e. The minimum Gasteiger partial charge on any atom is -0.481 e. The maximum atomic E-state index is 12.5. The lowest BCUT2D eigenvalue weighted by molar-refractivity contribution is -0.387. The molecule has 10 nitrogen and oxygen atoms in total. The highest BCUT2D eigenvalue weighted by Gasteiger charge is 2.29. The number of carbonyl (C=O) groups excluding carboxylic acids is 1. The Labute approximate surface area is 158 Å². The molecule has 0 bridgehead atoms. The van der Waals surface area contributed by atoms with E-state index in [9.17, 15) is 28.1 Å². The zero-order valence-corrected chi connectivity index (χ0v) is 15.0. The molecule has 2 aromatic carbocycles. The summed E-state index contributed by atoms with van der Waals surface area (Å²) in [5.41, 5.74) is -0.374. The SMILES string of the molecule is O=C(O)CC(=O)Nc1ccc(NS(=O)(=O)c2c(Cl)cccc2[N+](=O)[O-])cc1. The Morgan fingerprint density at radius 2 is 1.70 bits per heavy atom. The zero-order valence-electron chi connectivity index (χ0n) is 13.4. The second-order valence-corrected chi connectivity index (χ2v) is 7.17. The standard InChI is InChI=1S/C15H12ClN3O7S/c16-11-2-1-3-12(19(23)24)15(11)27(25,26)18-10-6-4-9(5-7-10)17-13(20)8-14(21)22/h1-7,18H,8H2,(H,17,20)(H,21,22). The summed E-state index contributed by atoms with van der Waals surface area (Å²) < 4.78 is 27.2. The van der Waals surface area contributed by atoms with Crippen LogP contribution < -0.4 is 10.0 Å². The zero-order chi connectivity index (χ0) is 20.2. The van der Waals surface area contributed by atoms with Crippen molar-refractivity contribution in [2.24, 2.45) is 0 Å². The molecule has 3 N–H and O–H groups in total. The quantitative estimate of drug-likeness (QED) is 0.357. The van der Waals surface area contributed by atoms with Crippen molar-refractivity contribution in [1.29, 1.82) is 0 Å². The van der Waals surface area contributed by atoms with Crippen molar-refractivity contribution in [3.63, 3.8) is 0 Å². The first-order valence-corrected chi connectivity index (χ1v) is 9.03. The number of benzene rings is 2. The lowest BCUT2D eigenvalue weighted by atomic mass is 10.3. The van der Waals surface area contributed by atoms with Crippen molar-refractivity contribution in [3.8, 4) is 0 Å². The van der Waals surface area contributed by atoms with Crippen LogP contribution in [0.25, 0.3) is 0 Å². The van der Waals surface area contributed by atoms with Crippen LogP contribution in [-0.4, -0.2) is 30.3 Å². The van der Waals surface area contributed by atoms with Gasteiger partial charge in [-0.3, -0.25) is 24.4 Å². The Kier molecular flexibility index (Phi) is 5.98. The van der Waals surface area contributed by atoms with E-state index in [1.165, 1.54) is 36.4 Å². The van der Waals surface area contributed by atoms with Gasteiger partial charge in [-0.25, -0.2) is 8.42 Å². The molecule has 0 spiro atoms. The maximum absolute atomic E-state index is 12.5. The minimum absolute atomic E-state index is 0.0560. The number of aliphatic carboxylic acids is 1. The number of halogens is 1. The number of rotatable bonds is 7. The predicted octanol–water partition coefficient (Wildman–Crippen LogP) is 2.46. The Morgan fingerprint density at radius 1 is 1.11 bits per heavy atom. The van der Waals surface area contributed by atoms with Crippen molar-refractivity contribution in [2.75, 3.05) is 10.0 Å². The third kappa shape index (κ3) is 5.15. The summed E-state index contributed by atoms with van der Waals surface area (Å²) in [6.07, 6.45) is -0.718. The number of anilines is 2. The van der Waals surface area contributed by atoms with Gasteiger partial charge in [-0.15, -0.1) is 0 Å². The summed E-state index contributed by atoms with van der Waals surface area (Å²) in [5, 5.41) is 21.6. The fraction of sp³-hybridized carbons (Fsp3) is 0.0667. The Bertz CT molecular complexity index is 1010. The number of amides is 1. The van der Waals surface area contributed by atoms with Crippen molar-refractivity contribution < 1.29 is 28.0 Å². The number of sulfonamides is 1. The lowest BCUT2D eigenvalue weighted by Crippen LogP contribution is -2.16. The first kappa shape index (κ1) is 20.1. The molecule has 2 rings (SSSR count). The molecular formula is C15H12ClN3O7S. The molecule has 0 atom stereocenters. The van der Waals surface area contributed by atoms with E-state index < -0.39 is 43.8 Å². The Balaban J connectivity index is 2.23. The number of hydrogen-bond donors (Lipinski definition) is 3. The van der Waals surface area contributed by atoms with E-state index in [0.29, 0.717) is 0 Å². The average molecular weight is 414 g/mol. The second kappa shape index (κ2) is 8.01. The van der Waals surface area contributed by atoms with E-state index in [4.69, 9.17) is 16.7 Å². The highest BCUT2D eigenvalue weighted by atomic mass is 35.5. The summed E-state index contributed by atoms with van der Waals surface area (Å²) in [4.78, 5) is 31.4. The van der Waals surface area contributed by atoms with Crippen LogP contribution in [0.3, 0.4) is 0 Å². The highest BCUT2D eigenvalue weighted by molar-refractivity contribution is 7.93. The molecule has 2 aromatic rings. The number of carboxylic acid groups (broad SMARTS) is 1. The molecule has 0 aromatic heterocycles. The molecule has 0 unspecified atom stereocenters. The normalized spacial score (nSPS) is 10.9. The molecule has 0 saturated carbocycles. The monoisotopic (exact) mass is 413 g/mol. The van der Waals surface area contributed by atoms with E-state index in [1.807, 2.05) is 0 Å². The molecule has 0 aliphatic carbocycles. The fourth-order valence-electron chi connectivity index (χ4n) is 2.08. The van der Waals surface area contributed by atoms with Crippen LogP contribution in [-0.2, 0) is 19.6 Å². The van der Waals surface area contributed by atoms with E-state index in [2.05, 4.69) is 10.0 Å². The van der Waals surface area contributed by atoms with Crippen molar-refractivity contribution >= 4 is 50.6 Å². The van der Waals surface area contributed by atoms with Gasteiger partial charge in [-0.2, -0.15) is 0 Å². The van der Waals surface area contributed by atoms with E-state index in [0.717, 1.165) is 6.07 Å². The number of nitro groups is 1. The Hall–Kier alpha value is -3.18. The predicted molar refractivity (Wildman–Crippen MR) is 96.2 cm³/mol. The number of nitrogens with one attached hydrogen (secondary N) is 2. The van der Waals surface area contributed by atoms with Gasteiger partial charge in [0.25, 0.3) is 15.7 Å². The van der Waals surface area contributed by atoms with Gasteiger partial charge in [-0.05, 0) is 30.3 Å². The number of nitro benzene ring substituents is 1. The van der Waals surface area contributed by atoms with Gasteiger partial charge in [0.1, 0.15) is 6.42 Å². The van der Waals surface area contributed by atoms with Crippen LogP contribution in [0.15, 0.2) is 47.4 Å². The van der Waals surface area contributed by atoms with Crippen molar-refractivity contribution in [1.82, 2.24) is 0 Å². The van der Waals surface area contributed by atoms with Gasteiger partial charge in [0.2, 0.25) is 5.91 Å². The van der Waals surface area contributed by atoms with Crippen LogP contribution in [0.5, 0.6) is 0 Å². The molecule has 0 heterocycles. The molecular weight excluding hydrogens is 402 g/mol. The summed E-state index contributed by atoms with van der Waals surface area (Å²) >= 11 is 5.83. The third-order valence-electron chi connectivity index (χ3n) is 3.14. The van der Waals surface area contributed by atoms with E-state index >= 15 is 0 Å². The van der Waals surface area contributed by atoms with Gasteiger partial charge in [0.15, 0.2) is 4.90 Å². The van der Waals surface area contributed by atoms with Crippen LogP contribution in [0, 0.1) is 10.1 Å². The van der Waals surface area contributed by atoms with Gasteiger partial charge in [0.05, 0.1) is 9.95 Å². The molecule has 0 saturated heterocycles. The topological polar surface area (TPSA) is 156 Å². The van der Waals surface area contributed by atoms with Crippen LogP contribution in [0.2, 0.25) is 5.02 Å². The van der Waals surface area contributed by atoms with Gasteiger partial charge >= 0.3 is 5.97 Å². The highest BCUT2D eigenvalue weighted by Crippen LogP contribution is 2.32. The summed E-state index contributed by atoms with van der Waals surface area (Å²) in [6, 6.07) is 8.73. The number of carbonyl (C=O) groups is 2. The van der Waals surface area contributed by atoms with Gasteiger partial charge < -0.3 is 10.4 Å². The van der Waals surface area contributed by atoms with Gasteiger partial charge in [0, 0.05) is 17.4 Å². The molecule has 142 valence electrons. The molecule has 12 heteroatoms. The number of nitrogens with zero attached hydrogens (tertiary/aromatic N) is 1. The molecule has 0 fully saturated rings. The van der Waals surface area contributed by atoms with Crippen LogP contribution in [0.1, 0.15) is 6.42 Å². The average Bonchev–Trinajstić information content (AvgIpc) is 2.55. The van der Waals surface area contributed by atoms with Crippen molar-refractivity contribution in [2.45, 2.75) is 11.3 Å². The fourth-order valence-corrected chi connectivity index (χ4v) is 3.84. The lowest BCUT2D eigenvalue weighted by Gasteiger charge is -2.10. The summed E-state index contributed by atoms with van der Waals surface area (Å²) in [7, 11) is -4.36. The van der Waals surface area contributed by atoms with Crippen LogP contribution in [0.4, 0.5) is 17.1 Å². The smallest absolute Gasteiger partial charge is 0.312 e. The molecule has 27 heavy (non-hydrogen) atoms. The number of hydrogen-bond acceptors (Lipinski definition) is 6. The van der Waals surface area contributed by atoms with E-state index in [1.54, 1.807) is 0 Å². The van der Waals surface area contributed by atoms with Crippen LogP contribution >= 0.6 is 11.6 Å². The maximum Gasteiger partial charge on any atom is 0.312 e. The third-order valence-corrected chi connectivity index (χ3v) is 5.04. The summed E-state index contributed by atoms with van der Waals surface area (Å²) in [6.45, 7) is 0. The van der Waals surface area contributed by atoms with Gasteiger partial charge in [-0.1, -0.05) is 17.7 Å².